The third-order valence-corrected chi connectivity index (χ3v) is 5.73. The van der Waals surface area contributed by atoms with E-state index >= 15 is 0 Å². The maximum Gasteiger partial charge on any atom is 0.338 e. The molecule has 1 aliphatic carbocycles. The molecule has 0 spiro atoms. The Morgan fingerprint density at radius 2 is 1.83 bits per heavy atom. The van der Waals surface area contributed by atoms with Gasteiger partial charge in [0.1, 0.15) is 11.9 Å². The summed E-state index contributed by atoms with van der Waals surface area (Å²) < 4.78 is 20.1. The van der Waals surface area contributed by atoms with Crippen molar-refractivity contribution in [3.8, 4) is 0 Å². The first-order valence-corrected chi connectivity index (χ1v) is 10.2. The van der Waals surface area contributed by atoms with Crippen LogP contribution in [-0.2, 0) is 4.74 Å². The van der Waals surface area contributed by atoms with Gasteiger partial charge in [-0.2, -0.15) is 0 Å². The van der Waals surface area contributed by atoms with Crippen LogP contribution in [0.3, 0.4) is 0 Å². The van der Waals surface area contributed by atoms with E-state index in [2.05, 4.69) is 4.90 Å². The normalized spacial score (nSPS) is 16.8. The van der Waals surface area contributed by atoms with Gasteiger partial charge in [0.2, 0.25) is 0 Å². The predicted molar refractivity (Wildman–Crippen MR) is 112 cm³/mol. The summed E-state index contributed by atoms with van der Waals surface area (Å²) in [5, 5.41) is 10.9. The van der Waals surface area contributed by atoms with Gasteiger partial charge in [0.15, 0.2) is 0 Å². The molecule has 3 rings (SSSR count). The third kappa shape index (κ3) is 5.02. The van der Waals surface area contributed by atoms with Gasteiger partial charge in [-0.25, -0.2) is 9.18 Å². The van der Waals surface area contributed by atoms with Crippen molar-refractivity contribution < 1.29 is 18.8 Å². The van der Waals surface area contributed by atoms with Gasteiger partial charge >= 0.3 is 5.97 Å². The van der Waals surface area contributed by atoms with Crippen molar-refractivity contribution in [2.24, 2.45) is 5.41 Å². The maximum atomic E-state index is 14.0. The second-order valence-corrected chi connectivity index (χ2v) is 8.31. The number of hydrogen-bond acceptors (Lipinski definition) is 5. The number of nitro benzene ring substituents is 1. The first-order chi connectivity index (χ1) is 14.3. The Kier molecular flexibility index (Phi) is 6.82. The lowest BCUT2D eigenvalue weighted by atomic mass is 9.68. The van der Waals surface area contributed by atoms with Crippen LogP contribution in [0, 0.1) is 21.3 Å². The van der Waals surface area contributed by atoms with E-state index in [0.29, 0.717) is 12.1 Å². The van der Waals surface area contributed by atoms with Gasteiger partial charge in [-0.1, -0.05) is 31.4 Å². The number of esters is 1. The Balaban J connectivity index is 1.96. The van der Waals surface area contributed by atoms with Gasteiger partial charge in [-0.3, -0.25) is 10.1 Å². The molecule has 6 nitrogen and oxygen atoms in total. The average molecular weight is 414 g/mol. The Labute approximate surface area is 175 Å². The minimum atomic E-state index is -0.612. The van der Waals surface area contributed by atoms with Crippen LogP contribution in [0.2, 0.25) is 0 Å². The molecule has 0 heterocycles. The number of non-ortho nitro benzene ring substituents is 1. The number of carbonyl (C=O) groups is 1. The number of benzene rings is 2. The zero-order valence-electron chi connectivity index (χ0n) is 17.3. The lowest BCUT2D eigenvalue weighted by Gasteiger charge is -2.44. The van der Waals surface area contributed by atoms with Gasteiger partial charge in [0, 0.05) is 24.1 Å². The summed E-state index contributed by atoms with van der Waals surface area (Å²) in [6, 6.07) is 11.6. The van der Waals surface area contributed by atoms with Crippen molar-refractivity contribution in [1.82, 2.24) is 4.90 Å². The van der Waals surface area contributed by atoms with Crippen LogP contribution < -0.4 is 0 Å². The number of rotatable bonds is 7. The molecule has 1 aliphatic rings. The molecule has 2 aromatic rings. The quantitative estimate of drug-likeness (QED) is 0.356. The summed E-state index contributed by atoms with van der Waals surface area (Å²) in [5.41, 5.74) is 0.447. The van der Waals surface area contributed by atoms with E-state index < -0.39 is 17.0 Å². The van der Waals surface area contributed by atoms with Gasteiger partial charge in [-0.15, -0.1) is 0 Å². The molecule has 1 fully saturated rings. The second-order valence-electron chi connectivity index (χ2n) is 8.31. The molecule has 30 heavy (non-hydrogen) atoms. The highest BCUT2D eigenvalue weighted by molar-refractivity contribution is 5.89. The van der Waals surface area contributed by atoms with E-state index in [-0.39, 0.29) is 22.5 Å². The van der Waals surface area contributed by atoms with Crippen molar-refractivity contribution >= 4 is 11.7 Å². The van der Waals surface area contributed by atoms with Crippen LogP contribution in [0.5, 0.6) is 0 Å². The van der Waals surface area contributed by atoms with E-state index in [9.17, 15) is 19.3 Å². The first kappa shape index (κ1) is 21.9. The van der Waals surface area contributed by atoms with E-state index in [4.69, 9.17) is 4.74 Å². The van der Waals surface area contributed by atoms with E-state index in [0.717, 1.165) is 32.1 Å². The zero-order chi connectivity index (χ0) is 21.7. The van der Waals surface area contributed by atoms with Crippen molar-refractivity contribution in [3.05, 3.63) is 75.6 Å². The summed E-state index contributed by atoms with van der Waals surface area (Å²) in [6.07, 6.45) is 4.31. The third-order valence-electron chi connectivity index (χ3n) is 5.73. The fourth-order valence-electron chi connectivity index (χ4n) is 4.50. The van der Waals surface area contributed by atoms with Crippen LogP contribution in [0.1, 0.15) is 54.1 Å². The minimum Gasteiger partial charge on any atom is -0.453 e. The molecule has 0 saturated heterocycles. The molecule has 0 bridgehead atoms. The summed E-state index contributed by atoms with van der Waals surface area (Å²) in [6.45, 7) is 0.710. The molecule has 160 valence electrons. The highest BCUT2D eigenvalue weighted by Crippen LogP contribution is 2.48. The topological polar surface area (TPSA) is 72.7 Å². The standard InChI is InChI=1S/C23H27FN2O4/c1-25(2)16-23(13-4-3-5-14-23)21(18-7-6-8-19(24)15-18)30-22(27)17-9-11-20(12-10-17)26(28)29/h6-12,15,21H,3-5,13-14,16H2,1-2H3/t21-/m0/s1. The summed E-state index contributed by atoms with van der Waals surface area (Å²) >= 11 is 0. The van der Waals surface area contributed by atoms with E-state index in [1.807, 2.05) is 14.1 Å². The molecular weight excluding hydrogens is 387 g/mol. The van der Waals surface area contributed by atoms with Crippen LogP contribution in [0.25, 0.3) is 0 Å². The molecular formula is C23H27FN2O4. The Hall–Kier alpha value is -2.80. The largest absolute Gasteiger partial charge is 0.453 e. The fraction of sp³-hybridized carbons (Fsp3) is 0.435. The molecule has 0 unspecified atom stereocenters. The number of nitro groups is 1. The zero-order valence-corrected chi connectivity index (χ0v) is 17.3. The minimum absolute atomic E-state index is 0.0930. The SMILES string of the molecule is CN(C)CC1([C@@H](OC(=O)c2ccc([N+](=O)[O-])cc2)c2cccc(F)c2)CCCCC1. The van der Waals surface area contributed by atoms with Crippen molar-refractivity contribution in [2.45, 2.75) is 38.2 Å². The van der Waals surface area contributed by atoms with Crippen LogP contribution >= 0.6 is 0 Å². The fourth-order valence-corrected chi connectivity index (χ4v) is 4.50. The van der Waals surface area contributed by atoms with Gasteiger partial charge in [-0.05, 0) is 56.8 Å². The Morgan fingerprint density at radius 3 is 2.40 bits per heavy atom. The molecule has 1 saturated carbocycles. The second kappa shape index (κ2) is 9.34. The van der Waals surface area contributed by atoms with Gasteiger partial charge in [0.05, 0.1) is 10.5 Å². The summed E-state index contributed by atoms with van der Waals surface area (Å²) in [4.78, 5) is 25.4. The molecule has 0 N–H and O–H groups in total. The van der Waals surface area contributed by atoms with E-state index in [1.54, 1.807) is 12.1 Å². The molecule has 0 aromatic heterocycles. The van der Waals surface area contributed by atoms with Crippen LogP contribution in [-0.4, -0.2) is 36.4 Å². The highest BCUT2D eigenvalue weighted by Gasteiger charge is 2.43. The lowest BCUT2D eigenvalue weighted by molar-refractivity contribution is -0.384. The molecule has 0 amide bonds. The Morgan fingerprint density at radius 1 is 1.17 bits per heavy atom. The first-order valence-electron chi connectivity index (χ1n) is 10.2. The van der Waals surface area contributed by atoms with E-state index in [1.165, 1.54) is 36.4 Å². The number of carbonyl (C=O) groups excluding carboxylic acids is 1. The van der Waals surface area contributed by atoms with Crippen molar-refractivity contribution in [3.63, 3.8) is 0 Å². The van der Waals surface area contributed by atoms with Crippen LogP contribution in [0.4, 0.5) is 10.1 Å². The molecule has 1 atom stereocenters. The van der Waals surface area contributed by atoms with Gasteiger partial charge in [0.25, 0.3) is 5.69 Å². The molecule has 2 aromatic carbocycles. The summed E-state index contributed by atoms with van der Waals surface area (Å²) in [5.74, 6) is -0.942. The van der Waals surface area contributed by atoms with Crippen molar-refractivity contribution in [2.75, 3.05) is 20.6 Å². The highest BCUT2D eigenvalue weighted by atomic mass is 19.1. The maximum absolute atomic E-state index is 14.0. The summed E-state index contributed by atoms with van der Waals surface area (Å²) in [7, 11) is 3.97. The monoisotopic (exact) mass is 414 g/mol. The number of nitrogens with zero attached hydrogens (tertiary/aromatic N) is 2. The van der Waals surface area contributed by atoms with Crippen LogP contribution in [0.15, 0.2) is 48.5 Å². The molecule has 7 heteroatoms. The number of ether oxygens (including phenoxy) is 1. The Bertz CT molecular complexity index is 892. The van der Waals surface area contributed by atoms with Crippen molar-refractivity contribution in [1.29, 1.82) is 0 Å². The molecule has 0 radical (unpaired) electrons. The number of hydrogen-bond donors (Lipinski definition) is 0. The lowest BCUT2D eigenvalue weighted by Crippen LogP contribution is -2.42. The average Bonchev–Trinajstić information content (AvgIpc) is 2.72. The predicted octanol–water partition coefficient (Wildman–Crippen LogP) is 5.14. The number of halogens is 1. The molecule has 0 aliphatic heterocycles. The smallest absolute Gasteiger partial charge is 0.338 e. The van der Waals surface area contributed by atoms with Gasteiger partial charge < -0.3 is 9.64 Å².